The molecule has 2 aromatic rings. The molecule has 0 amide bonds. The first-order valence-electron chi connectivity index (χ1n) is 11.6. The number of aliphatic imine (C=N–C) groups is 1. The van der Waals surface area contributed by atoms with E-state index in [1.165, 1.54) is 22.3 Å². The van der Waals surface area contributed by atoms with Gasteiger partial charge in [-0.25, -0.2) is 4.99 Å². The van der Waals surface area contributed by atoms with Crippen molar-refractivity contribution in [1.29, 1.82) is 0 Å². The van der Waals surface area contributed by atoms with Crippen LogP contribution in [0.2, 0.25) is 0 Å². The Bertz CT molecular complexity index is 852. The number of nitrogens with one attached hydrogen (secondary N) is 2. The maximum absolute atomic E-state index is 6.01. The highest BCUT2D eigenvalue weighted by molar-refractivity contribution is 14.0. The molecule has 182 valence electrons. The zero-order chi connectivity index (χ0) is 22.6. The number of methoxy groups -OCH3 is 1. The first kappa shape index (κ1) is 27.4. The Labute approximate surface area is 215 Å². The van der Waals surface area contributed by atoms with E-state index in [0.29, 0.717) is 19.3 Å². The number of ether oxygens (including phenoxy) is 3. The molecule has 0 atom stereocenters. The Hall–Kier alpha value is -1.84. The molecule has 1 heterocycles. The molecule has 0 bridgehead atoms. The zero-order valence-corrected chi connectivity index (χ0v) is 22.4. The van der Waals surface area contributed by atoms with E-state index < -0.39 is 0 Å². The Morgan fingerprint density at radius 2 is 1.79 bits per heavy atom. The number of hydrogen-bond donors (Lipinski definition) is 2. The van der Waals surface area contributed by atoms with E-state index in [1.54, 1.807) is 7.11 Å². The average molecular weight is 568 g/mol. The third-order valence-electron chi connectivity index (χ3n) is 5.56. The SMILES string of the molecule is CCNC(=NCc1ccc(COC2CCOCC2)cc1)NCCc1cc(C)ccc1OC.I. The average Bonchev–Trinajstić information content (AvgIpc) is 2.83. The predicted molar refractivity (Wildman–Crippen MR) is 145 cm³/mol. The van der Waals surface area contributed by atoms with Crippen LogP contribution in [0.5, 0.6) is 5.75 Å². The zero-order valence-electron chi connectivity index (χ0n) is 20.1. The lowest BCUT2D eigenvalue weighted by Crippen LogP contribution is -2.38. The summed E-state index contributed by atoms with van der Waals surface area (Å²) < 4.78 is 16.9. The van der Waals surface area contributed by atoms with Crippen molar-refractivity contribution < 1.29 is 14.2 Å². The van der Waals surface area contributed by atoms with Crippen molar-refractivity contribution in [3.63, 3.8) is 0 Å². The molecule has 0 aliphatic carbocycles. The third-order valence-corrected chi connectivity index (χ3v) is 5.56. The van der Waals surface area contributed by atoms with Gasteiger partial charge in [0.2, 0.25) is 0 Å². The van der Waals surface area contributed by atoms with Gasteiger partial charge in [-0.05, 0) is 55.9 Å². The van der Waals surface area contributed by atoms with Gasteiger partial charge >= 0.3 is 0 Å². The number of aryl methyl sites for hydroxylation is 1. The lowest BCUT2D eigenvalue weighted by molar-refractivity contribution is -0.0390. The summed E-state index contributed by atoms with van der Waals surface area (Å²) in [6, 6.07) is 14.8. The molecule has 0 radical (unpaired) electrons. The monoisotopic (exact) mass is 567 g/mol. The molecule has 0 saturated carbocycles. The molecule has 0 spiro atoms. The topological polar surface area (TPSA) is 64.1 Å². The number of guanidine groups is 1. The number of benzene rings is 2. The van der Waals surface area contributed by atoms with E-state index in [1.807, 2.05) is 6.07 Å². The summed E-state index contributed by atoms with van der Waals surface area (Å²) in [6.07, 6.45) is 3.17. The molecule has 2 N–H and O–H groups in total. The second-order valence-electron chi connectivity index (χ2n) is 8.13. The van der Waals surface area contributed by atoms with Crippen LogP contribution in [0.25, 0.3) is 0 Å². The van der Waals surface area contributed by atoms with Crippen LogP contribution in [0.15, 0.2) is 47.5 Å². The molecular weight excluding hydrogens is 529 g/mol. The fraction of sp³-hybridized carbons (Fsp3) is 0.500. The van der Waals surface area contributed by atoms with Gasteiger partial charge in [-0.3, -0.25) is 0 Å². The highest BCUT2D eigenvalue weighted by atomic mass is 127. The fourth-order valence-electron chi connectivity index (χ4n) is 3.73. The predicted octanol–water partition coefficient (Wildman–Crippen LogP) is 4.62. The molecule has 0 aromatic heterocycles. The van der Waals surface area contributed by atoms with Gasteiger partial charge in [0, 0.05) is 26.3 Å². The van der Waals surface area contributed by atoms with Crippen LogP contribution in [-0.2, 0) is 29.0 Å². The summed E-state index contributed by atoms with van der Waals surface area (Å²) >= 11 is 0. The van der Waals surface area contributed by atoms with Gasteiger partial charge in [-0.1, -0.05) is 42.0 Å². The summed E-state index contributed by atoms with van der Waals surface area (Å²) in [5, 5.41) is 6.76. The van der Waals surface area contributed by atoms with Crippen molar-refractivity contribution in [2.75, 3.05) is 33.4 Å². The van der Waals surface area contributed by atoms with Crippen molar-refractivity contribution in [2.45, 2.75) is 52.4 Å². The van der Waals surface area contributed by atoms with Gasteiger partial charge < -0.3 is 24.8 Å². The number of rotatable bonds is 10. The van der Waals surface area contributed by atoms with Crippen LogP contribution < -0.4 is 15.4 Å². The molecule has 33 heavy (non-hydrogen) atoms. The van der Waals surface area contributed by atoms with E-state index in [0.717, 1.165) is 57.3 Å². The normalized spacial score (nSPS) is 14.5. The number of halogens is 1. The Morgan fingerprint density at radius 3 is 2.48 bits per heavy atom. The van der Waals surface area contributed by atoms with Crippen molar-refractivity contribution in [3.05, 3.63) is 64.7 Å². The number of hydrogen-bond acceptors (Lipinski definition) is 4. The molecular formula is C26H38IN3O3. The minimum absolute atomic E-state index is 0. The van der Waals surface area contributed by atoms with Crippen LogP contribution in [0.4, 0.5) is 0 Å². The first-order valence-corrected chi connectivity index (χ1v) is 11.6. The lowest BCUT2D eigenvalue weighted by atomic mass is 10.1. The summed E-state index contributed by atoms with van der Waals surface area (Å²) in [4.78, 5) is 4.74. The molecule has 1 aliphatic rings. The standard InChI is InChI=1S/C26H37N3O3.HI/c1-4-27-26(28-14-11-23-17-20(2)5-10-25(23)30-3)29-18-21-6-8-22(9-7-21)19-32-24-12-15-31-16-13-24;/h5-10,17,24H,4,11-16,18-19H2,1-3H3,(H2,27,28,29);1H. The molecule has 1 aliphatic heterocycles. The van der Waals surface area contributed by atoms with Crippen molar-refractivity contribution >= 4 is 29.9 Å². The molecule has 1 fully saturated rings. The van der Waals surface area contributed by atoms with E-state index in [2.05, 4.69) is 60.9 Å². The molecule has 2 aromatic carbocycles. The van der Waals surface area contributed by atoms with Gasteiger partial charge in [0.05, 0.1) is 26.4 Å². The quantitative estimate of drug-likeness (QED) is 0.250. The lowest BCUT2D eigenvalue weighted by Gasteiger charge is -2.22. The summed E-state index contributed by atoms with van der Waals surface area (Å²) in [5.74, 6) is 1.76. The summed E-state index contributed by atoms with van der Waals surface area (Å²) in [7, 11) is 1.72. The van der Waals surface area contributed by atoms with E-state index in [4.69, 9.17) is 19.2 Å². The highest BCUT2D eigenvalue weighted by Crippen LogP contribution is 2.19. The summed E-state index contributed by atoms with van der Waals surface area (Å²) in [6.45, 7) is 8.68. The smallest absolute Gasteiger partial charge is 0.191 e. The Morgan fingerprint density at radius 1 is 1.06 bits per heavy atom. The van der Waals surface area contributed by atoms with Gasteiger partial charge in [0.1, 0.15) is 5.75 Å². The van der Waals surface area contributed by atoms with E-state index in [-0.39, 0.29) is 24.0 Å². The summed E-state index contributed by atoms with van der Waals surface area (Å²) in [5.41, 5.74) is 4.82. The van der Waals surface area contributed by atoms with Gasteiger partial charge in [0.25, 0.3) is 0 Å². The minimum Gasteiger partial charge on any atom is -0.496 e. The van der Waals surface area contributed by atoms with Crippen molar-refractivity contribution in [1.82, 2.24) is 10.6 Å². The van der Waals surface area contributed by atoms with Gasteiger partial charge in [-0.15, -0.1) is 24.0 Å². The van der Waals surface area contributed by atoms with Crippen LogP contribution in [0, 0.1) is 6.92 Å². The van der Waals surface area contributed by atoms with Crippen molar-refractivity contribution in [2.24, 2.45) is 4.99 Å². The Kier molecular flexibility index (Phi) is 12.6. The van der Waals surface area contributed by atoms with E-state index >= 15 is 0 Å². The maximum atomic E-state index is 6.01. The fourth-order valence-corrected chi connectivity index (χ4v) is 3.73. The van der Waals surface area contributed by atoms with Crippen molar-refractivity contribution in [3.8, 4) is 5.75 Å². The molecule has 6 nitrogen and oxygen atoms in total. The Balaban J connectivity index is 0.00000385. The van der Waals surface area contributed by atoms with Crippen LogP contribution in [0.1, 0.15) is 42.0 Å². The van der Waals surface area contributed by atoms with Crippen LogP contribution in [-0.4, -0.2) is 45.5 Å². The van der Waals surface area contributed by atoms with Gasteiger partial charge in [-0.2, -0.15) is 0 Å². The maximum Gasteiger partial charge on any atom is 0.191 e. The minimum atomic E-state index is 0. The largest absolute Gasteiger partial charge is 0.496 e. The molecule has 1 saturated heterocycles. The highest BCUT2D eigenvalue weighted by Gasteiger charge is 2.13. The van der Waals surface area contributed by atoms with Crippen LogP contribution >= 0.6 is 24.0 Å². The van der Waals surface area contributed by atoms with Gasteiger partial charge in [0.15, 0.2) is 5.96 Å². The first-order chi connectivity index (χ1) is 15.7. The molecule has 0 unspecified atom stereocenters. The third kappa shape index (κ3) is 9.51. The molecule has 3 rings (SSSR count). The number of nitrogens with zero attached hydrogens (tertiary/aromatic N) is 1. The van der Waals surface area contributed by atoms with Crippen LogP contribution in [0.3, 0.4) is 0 Å². The molecule has 7 heteroatoms. The van der Waals surface area contributed by atoms with E-state index in [9.17, 15) is 0 Å². The second-order valence-corrected chi connectivity index (χ2v) is 8.13. The second kappa shape index (κ2) is 15.1.